The summed E-state index contributed by atoms with van der Waals surface area (Å²) in [7, 11) is 0. The van der Waals surface area contributed by atoms with Crippen LogP contribution in [0.3, 0.4) is 0 Å². The first kappa shape index (κ1) is 23.7. The van der Waals surface area contributed by atoms with E-state index in [1.165, 1.54) is 83.5 Å². The van der Waals surface area contributed by atoms with Gasteiger partial charge in [-0.1, -0.05) is 96.8 Å². The van der Waals surface area contributed by atoms with Crippen molar-refractivity contribution in [3.05, 3.63) is 0 Å². The van der Waals surface area contributed by atoms with Crippen molar-refractivity contribution >= 4 is 5.97 Å². The Kier molecular flexibility index (Phi) is 23.1. The van der Waals surface area contributed by atoms with E-state index in [0.717, 1.165) is 12.8 Å². The van der Waals surface area contributed by atoms with Crippen LogP contribution in [0.5, 0.6) is 0 Å². The monoisotopic (exact) mass is 308 g/mol. The molecule has 0 aliphatic rings. The quantitative estimate of drug-likeness (QED) is 0.350. The Hall–Kier alpha value is 0.470. The average molecular weight is 308 g/mol. The molecule has 0 atom stereocenters. The SMILES string of the molecule is CCCCCCCCCCCCCCCCCC(=O)O.[H-].[Na+]. The fraction of sp³-hybridized carbons (Fsp3) is 0.944. The predicted octanol–water partition coefficient (Wildman–Crippen LogP) is 3.45. The first-order chi connectivity index (χ1) is 9.77. The number of hydrogen-bond acceptors (Lipinski definition) is 1. The number of unbranched alkanes of at least 4 members (excludes halogenated alkanes) is 14. The largest absolute Gasteiger partial charge is 1.00 e. The van der Waals surface area contributed by atoms with Crippen molar-refractivity contribution in [3.8, 4) is 0 Å². The van der Waals surface area contributed by atoms with Gasteiger partial charge in [-0.3, -0.25) is 4.79 Å². The number of aliphatic carboxylic acids is 1. The van der Waals surface area contributed by atoms with Crippen molar-refractivity contribution < 1.29 is 40.9 Å². The molecule has 0 aromatic carbocycles. The maximum absolute atomic E-state index is 10.3. The molecule has 1 N–H and O–H groups in total. The molecule has 0 aliphatic carbocycles. The molecular formula is C18H37NaO2. The van der Waals surface area contributed by atoms with Gasteiger partial charge in [-0.05, 0) is 6.42 Å². The third kappa shape index (κ3) is 22.9. The zero-order chi connectivity index (χ0) is 14.9. The van der Waals surface area contributed by atoms with E-state index in [9.17, 15) is 4.79 Å². The first-order valence-corrected chi connectivity index (χ1v) is 8.99. The second-order valence-corrected chi connectivity index (χ2v) is 6.09. The van der Waals surface area contributed by atoms with Crippen LogP contribution >= 0.6 is 0 Å². The van der Waals surface area contributed by atoms with Crippen LogP contribution in [-0.4, -0.2) is 11.1 Å². The van der Waals surface area contributed by atoms with E-state index < -0.39 is 5.97 Å². The summed E-state index contributed by atoms with van der Waals surface area (Å²) in [6.45, 7) is 2.27. The molecule has 0 aromatic rings. The van der Waals surface area contributed by atoms with Gasteiger partial charge in [-0.2, -0.15) is 0 Å². The van der Waals surface area contributed by atoms with Crippen molar-refractivity contribution in [1.29, 1.82) is 0 Å². The minimum absolute atomic E-state index is 0. The van der Waals surface area contributed by atoms with Gasteiger partial charge in [0.1, 0.15) is 0 Å². The van der Waals surface area contributed by atoms with Crippen molar-refractivity contribution in [2.24, 2.45) is 0 Å². The van der Waals surface area contributed by atoms with E-state index in [1.807, 2.05) is 0 Å². The third-order valence-corrected chi connectivity index (χ3v) is 3.99. The van der Waals surface area contributed by atoms with Crippen LogP contribution in [0.15, 0.2) is 0 Å². The molecule has 2 nitrogen and oxygen atoms in total. The Bertz CT molecular complexity index is 213. The van der Waals surface area contributed by atoms with E-state index in [0.29, 0.717) is 6.42 Å². The zero-order valence-electron chi connectivity index (χ0n) is 15.7. The summed E-state index contributed by atoms with van der Waals surface area (Å²) < 4.78 is 0. The third-order valence-electron chi connectivity index (χ3n) is 3.99. The number of hydrogen-bond donors (Lipinski definition) is 1. The molecule has 0 radical (unpaired) electrons. The molecule has 0 amide bonds. The van der Waals surface area contributed by atoms with Crippen LogP contribution < -0.4 is 29.6 Å². The van der Waals surface area contributed by atoms with Gasteiger partial charge >= 0.3 is 35.5 Å². The van der Waals surface area contributed by atoms with Crippen LogP contribution in [0.2, 0.25) is 0 Å². The van der Waals surface area contributed by atoms with Gasteiger partial charge in [0.15, 0.2) is 0 Å². The van der Waals surface area contributed by atoms with E-state index >= 15 is 0 Å². The van der Waals surface area contributed by atoms with Crippen LogP contribution in [0, 0.1) is 0 Å². The molecule has 0 heterocycles. The van der Waals surface area contributed by atoms with Gasteiger partial charge in [-0.15, -0.1) is 0 Å². The zero-order valence-corrected chi connectivity index (χ0v) is 16.7. The van der Waals surface area contributed by atoms with Gasteiger partial charge in [-0.25, -0.2) is 0 Å². The summed E-state index contributed by atoms with van der Waals surface area (Å²) >= 11 is 0. The van der Waals surface area contributed by atoms with E-state index in [2.05, 4.69) is 6.92 Å². The summed E-state index contributed by atoms with van der Waals surface area (Å²) in [5.41, 5.74) is 0. The standard InChI is InChI=1S/C18H36O2.Na.H/c1-2-3-4-5-6-7-8-9-10-11-12-13-14-15-16-17-18(19)20;;/h2-17H2,1H3,(H,19,20);;/q;+1;-1. The molecule has 0 aromatic heterocycles. The molecule has 0 spiro atoms. The molecule has 21 heavy (non-hydrogen) atoms. The van der Waals surface area contributed by atoms with Gasteiger partial charge in [0, 0.05) is 6.42 Å². The van der Waals surface area contributed by atoms with Crippen LogP contribution in [0.25, 0.3) is 0 Å². The van der Waals surface area contributed by atoms with Gasteiger partial charge < -0.3 is 6.53 Å². The second kappa shape index (κ2) is 20.5. The van der Waals surface area contributed by atoms with Crippen LogP contribution in [-0.2, 0) is 4.79 Å². The molecule has 0 aliphatic heterocycles. The fourth-order valence-electron chi connectivity index (χ4n) is 2.65. The Balaban J connectivity index is -0.00000180. The maximum Gasteiger partial charge on any atom is 1.00 e. The van der Waals surface area contributed by atoms with Gasteiger partial charge in [0.25, 0.3) is 0 Å². The molecular weight excluding hydrogens is 271 g/mol. The molecule has 0 fully saturated rings. The predicted molar refractivity (Wildman–Crippen MR) is 88.3 cm³/mol. The van der Waals surface area contributed by atoms with Crippen molar-refractivity contribution in [2.45, 2.75) is 110 Å². The summed E-state index contributed by atoms with van der Waals surface area (Å²) in [5.74, 6) is -0.653. The fourth-order valence-corrected chi connectivity index (χ4v) is 2.65. The number of rotatable bonds is 16. The van der Waals surface area contributed by atoms with Gasteiger partial charge in [0.05, 0.1) is 0 Å². The molecule has 3 heteroatoms. The van der Waals surface area contributed by atoms with Crippen LogP contribution in [0.4, 0.5) is 0 Å². The van der Waals surface area contributed by atoms with E-state index in [1.54, 1.807) is 0 Å². The van der Waals surface area contributed by atoms with E-state index in [4.69, 9.17) is 5.11 Å². The Morgan fingerprint density at radius 1 is 0.667 bits per heavy atom. The Labute approximate surface area is 156 Å². The molecule has 0 rings (SSSR count). The Morgan fingerprint density at radius 3 is 1.24 bits per heavy atom. The normalized spacial score (nSPS) is 10.3. The van der Waals surface area contributed by atoms with Crippen molar-refractivity contribution in [3.63, 3.8) is 0 Å². The summed E-state index contributed by atoms with van der Waals surface area (Å²) in [5, 5.41) is 8.52. The minimum Gasteiger partial charge on any atom is -1.00 e. The molecule has 0 saturated heterocycles. The number of carboxylic acids is 1. The van der Waals surface area contributed by atoms with Crippen LogP contribution in [0.1, 0.15) is 111 Å². The molecule has 0 saturated carbocycles. The summed E-state index contributed by atoms with van der Waals surface area (Å²) in [6, 6.07) is 0. The van der Waals surface area contributed by atoms with Crippen molar-refractivity contribution in [1.82, 2.24) is 0 Å². The van der Waals surface area contributed by atoms with Crippen molar-refractivity contribution in [2.75, 3.05) is 0 Å². The molecule has 0 unspecified atom stereocenters. The molecule has 122 valence electrons. The van der Waals surface area contributed by atoms with E-state index in [-0.39, 0.29) is 31.0 Å². The topological polar surface area (TPSA) is 37.3 Å². The number of carbonyl (C=O) groups is 1. The summed E-state index contributed by atoms with van der Waals surface area (Å²) in [4.78, 5) is 10.3. The number of carboxylic acid groups (broad SMARTS) is 1. The summed E-state index contributed by atoms with van der Waals surface area (Å²) in [6.07, 6.45) is 20.2. The second-order valence-electron chi connectivity index (χ2n) is 6.09. The average Bonchev–Trinajstić information content (AvgIpc) is 2.43. The minimum atomic E-state index is -0.653. The Morgan fingerprint density at radius 2 is 0.952 bits per heavy atom. The molecule has 0 bridgehead atoms. The first-order valence-electron chi connectivity index (χ1n) is 8.99. The maximum atomic E-state index is 10.3. The smallest absolute Gasteiger partial charge is 1.00 e. The van der Waals surface area contributed by atoms with Gasteiger partial charge in [0.2, 0.25) is 0 Å².